The third kappa shape index (κ3) is 3.01. The van der Waals surface area contributed by atoms with E-state index in [2.05, 4.69) is 20.5 Å². The number of aromatic nitrogens is 3. The summed E-state index contributed by atoms with van der Waals surface area (Å²) in [6, 6.07) is 7.64. The van der Waals surface area contributed by atoms with Gasteiger partial charge in [0.25, 0.3) is 0 Å². The summed E-state index contributed by atoms with van der Waals surface area (Å²) in [5.41, 5.74) is 7.22. The SMILES string of the molecule is CC(C)(CN)Nc1ccc(-c2cccnc2)nn1. The number of anilines is 1. The van der Waals surface area contributed by atoms with Gasteiger partial charge in [-0.05, 0) is 38.1 Å². The van der Waals surface area contributed by atoms with Gasteiger partial charge in [-0.15, -0.1) is 10.2 Å². The molecule has 2 rings (SSSR count). The van der Waals surface area contributed by atoms with Crippen molar-refractivity contribution in [2.45, 2.75) is 19.4 Å². The number of rotatable bonds is 4. The van der Waals surface area contributed by atoms with Crippen LogP contribution in [0.3, 0.4) is 0 Å². The zero-order valence-corrected chi connectivity index (χ0v) is 10.6. The lowest BCUT2D eigenvalue weighted by Crippen LogP contribution is -2.39. The second-order valence-corrected chi connectivity index (χ2v) is 4.76. The second-order valence-electron chi connectivity index (χ2n) is 4.76. The highest BCUT2D eigenvalue weighted by Gasteiger charge is 2.15. The van der Waals surface area contributed by atoms with E-state index in [1.807, 2.05) is 38.1 Å². The van der Waals surface area contributed by atoms with Gasteiger partial charge in [-0.1, -0.05) is 0 Å². The molecule has 0 aromatic carbocycles. The Morgan fingerprint density at radius 3 is 2.61 bits per heavy atom. The standard InChI is InChI=1S/C13H17N5/c1-13(2,9-14)16-12-6-5-11(17-18-12)10-4-3-7-15-8-10/h3-8H,9,14H2,1-2H3,(H,16,18). The topological polar surface area (TPSA) is 76.7 Å². The first-order chi connectivity index (χ1) is 8.61. The van der Waals surface area contributed by atoms with Crippen molar-refractivity contribution in [3.05, 3.63) is 36.7 Å². The van der Waals surface area contributed by atoms with Gasteiger partial charge in [-0.2, -0.15) is 0 Å². The highest BCUT2D eigenvalue weighted by Crippen LogP contribution is 2.16. The number of hydrogen-bond acceptors (Lipinski definition) is 5. The first kappa shape index (κ1) is 12.4. The molecule has 0 unspecified atom stereocenters. The van der Waals surface area contributed by atoms with E-state index in [1.165, 1.54) is 0 Å². The van der Waals surface area contributed by atoms with Crippen LogP contribution in [0, 0.1) is 0 Å². The molecular formula is C13H17N5. The lowest BCUT2D eigenvalue weighted by molar-refractivity contribution is 0.576. The Morgan fingerprint density at radius 2 is 2.06 bits per heavy atom. The van der Waals surface area contributed by atoms with E-state index < -0.39 is 0 Å². The molecular weight excluding hydrogens is 226 g/mol. The zero-order valence-electron chi connectivity index (χ0n) is 10.6. The average molecular weight is 243 g/mol. The molecule has 0 atom stereocenters. The van der Waals surface area contributed by atoms with Crippen molar-refractivity contribution in [1.29, 1.82) is 0 Å². The monoisotopic (exact) mass is 243 g/mol. The van der Waals surface area contributed by atoms with Gasteiger partial charge in [0.2, 0.25) is 0 Å². The fraction of sp³-hybridized carbons (Fsp3) is 0.308. The van der Waals surface area contributed by atoms with Crippen molar-refractivity contribution >= 4 is 5.82 Å². The van der Waals surface area contributed by atoms with Crippen LogP contribution in [-0.4, -0.2) is 27.3 Å². The van der Waals surface area contributed by atoms with Crippen LogP contribution in [0.2, 0.25) is 0 Å². The number of nitrogens with two attached hydrogens (primary N) is 1. The summed E-state index contributed by atoms with van der Waals surface area (Å²) in [6.45, 7) is 4.56. The third-order valence-corrected chi connectivity index (χ3v) is 2.60. The van der Waals surface area contributed by atoms with Crippen molar-refractivity contribution in [3.8, 4) is 11.3 Å². The Kier molecular flexibility index (Phi) is 3.53. The second kappa shape index (κ2) is 5.10. The molecule has 0 saturated heterocycles. The molecule has 0 bridgehead atoms. The van der Waals surface area contributed by atoms with E-state index in [9.17, 15) is 0 Å². The van der Waals surface area contributed by atoms with Crippen molar-refractivity contribution in [3.63, 3.8) is 0 Å². The maximum absolute atomic E-state index is 5.66. The number of hydrogen-bond donors (Lipinski definition) is 2. The zero-order chi connectivity index (χ0) is 13.0. The van der Waals surface area contributed by atoms with Crippen LogP contribution in [0.1, 0.15) is 13.8 Å². The van der Waals surface area contributed by atoms with Gasteiger partial charge in [0.1, 0.15) is 5.82 Å². The molecule has 2 heterocycles. The van der Waals surface area contributed by atoms with Crippen LogP contribution >= 0.6 is 0 Å². The van der Waals surface area contributed by atoms with Crippen LogP contribution in [0.5, 0.6) is 0 Å². The number of nitrogens with one attached hydrogen (secondary N) is 1. The molecule has 0 radical (unpaired) electrons. The quantitative estimate of drug-likeness (QED) is 0.854. The number of nitrogens with zero attached hydrogens (tertiary/aromatic N) is 3. The van der Waals surface area contributed by atoms with Crippen LogP contribution in [0.25, 0.3) is 11.3 Å². The lowest BCUT2D eigenvalue weighted by Gasteiger charge is -2.24. The Bertz CT molecular complexity index is 493. The Hall–Kier alpha value is -2.01. The van der Waals surface area contributed by atoms with Gasteiger partial charge in [0.15, 0.2) is 0 Å². The minimum Gasteiger partial charge on any atom is -0.362 e. The van der Waals surface area contributed by atoms with Gasteiger partial charge in [0, 0.05) is 30.0 Å². The summed E-state index contributed by atoms with van der Waals surface area (Å²) in [4.78, 5) is 4.06. The van der Waals surface area contributed by atoms with E-state index in [0.29, 0.717) is 6.54 Å². The molecule has 18 heavy (non-hydrogen) atoms. The van der Waals surface area contributed by atoms with Crippen molar-refractivity contribution in [2.75, 3.05) is 11.9 Å². The van der Waals surface area contributed by atoms with E-state index in [0.717, 1.165) is 17.1 Å². The molecule has 0 amide bonds. The summed E-state index contributed by atoms with van der Waals surface area (Å²) >= 11 is 0. The Balaban J connectivity index is 2.16. The van der Waals surface area contributed by atoms with E-state index >= 15 is 0 Å². The van der Waals surface area contributed by atoms with Crippen molar-refractivity contribution in [2.24, 2.45) is 5.73 Å². The van der Waals surface area contributed by atoms with E-state index in [4.69, 9.17) is 5.73 Å². The normalized spacial score (nSPS) is 11.3. The average Bonchev–Trinajstić information content (AvgIpc) is 2.40. The van der Waals surface area contributed by atoms with E-state index in [-0.39, 0.29) is 5.54 Å². The molecule has 3 N–H and O–H groups in total. The van der Waals surface area contributed by atoms with Gasteiger partial charge in [-0.3, -0.25) is 4.98 Å². The summed E-state index contributed by atoms with van der Waals surface area (Å²) in [5, 5.41) is 11.6. The largest absolute Gasteiger partial charge is 0.362 e. The Labute approximate surface area is 106 Å². The summed E-state index contributed by atoms with van der Waals surface area (Å²) < 4.78 is 0. The lowest BCUT2D eigenvalue weighted by atomic mass is 10.1. The van der Waals surface area contributed by atoms with Gasteiger partial charge in [0.05, 0.1) is 5.69 Å². The minimum absolute atomic E-state index is 0.190. The molecule has 94 valence electrons. The molecule has 5 nitrogen and oxygen atoms in total. The molecule has 0 saturated carbocycles. The van der Waals surface area contributed by atoms with E-state index in [1.54, 1.807) is 12.4 Å². The maximum atomic E-state index is 5.66. The maximum Gasteiger partial charge on any atom is 0.149 e. The fourth-order valence-corrected chi connectivity index (χ4v) is 1.46. The van der Waals surface area contributed by atoms with Crippen LogP contribution in [0.4, 0.5) is 5.82 Å². The molecule has 0 aliphatic rings. The summed E-state index contributed by atoms with van der Waals surface area (Å²) in [6.07, 6.45) is 3.50. The predicted molar refractivity (Wildman–Crippen MR) is 72.0 cm³/mol. The predicted octanol–water partition coefficient (Wildman–Crippen LogP) is 1.69. The molecule has 2 aromatic rings. The minimum atomic E-state index is -0.190. The van der Waals surface area contributed by atoms with Crippen molar-refractivity contribution in [1.82, 2.24) is 15.2 Å². The smallest absolute Gasteiger partial charge is 0.149 e. The first-order valence-corrected chi connectivity index (χ1v) is 5.83. The van der Waals surface area contributed by atoms with Gasteiger partial charge < -0.3 is 11.1 Å². The number of pyridine rings is 1. The summed E-state index contributed by atoms with van der Waals surface area (Å²) in [5.74, 6) is 0.720. The van der Waals surface area contributed by atoms with Gasteiger partial charge in [-0.25, -0.2) is 0 Å². The third-order valence-electron chi connectivity index (χ3n) is 2.60. The van der Waals surface area contributed by atoms with Crippen LogP contribution in [-0.2, 0) is 0 Å². The van der Waals surface area contributed by atoms with Gasteiger partial charge >= 0.3 is 0 Å². The highest BCUT2D eigenvalue weighted by molar-refractivity contribution is 5.58. The molecule has 5 heteroatoms. The van der Waals surface area contributed by atoms with Crippen molar-refractivity contribution < 1.29 is 0 Å². The molecule has 0 spiro atoms. The molecule has 0 aliphatic heterocycles. The highest BCUT2D eigenvalue weighted by atomic mass is 15.2. The molecule has 0 aliphatic carbocycles. The Morgan fingerprint density at radius 1 is 1.22 bits per heavy atom. The first-order valence-electron chi connectivity index (χ1n) is 5.83. The fourth-order valence-electron chi connectivity index (χ4n) is 1.46. The van der Waals surface area contributed by atoms with Crippen LogP contribution in [0.15, 0.2) is 36.7 Å². The van der Waals surface area contributed by atoms with Crippen LogP contribution < -0.4 is 11.1 Å². The summed E-state index contributed by atoms with van der Waals surface area (Å²) in [7, 11) is 0. The molecule has 2 aromatic heterocycles. The molecule has 0 fully saturated rings.